The predicted octanol–water partition coefficient (Wildman–Crippen LogP) is 8.76. The van der Waals surface area contributed by atoms with Gasteiger partial charge in [0.2, 0.25) is 0 Å². The van der Waals surface area contributed by atoms with E-state index in [0.29, 0.717) is 12.7 Å². The number of ether oxygens (including phenoxy) is 2. The highest BCUT2D eigenvalue weighted by Gasteiger charge is 2.03. The molecule has 1 unspecified atom stereocenters. The van der Waals surface area contributed by atoms with Gasteiger partial charge in [0.15, 0.2) is 0 Å². The number of hydrogen-bond donors (Lipinski definition) is 0. The second kappa shape index (κ2) is 15.0. The van der Waals surface area contributed by atoms with Crippen LogP contribution in [0.15, 0.2) is 85.6 Å². The number of nitrogens with zero attached hydrogens (tertiary/aromatic N) is 1. The first-order valence-electron chi connectivity index (χ1n) is 12.9. The van der Waals surface area contributed by atoms with Crippen LogP contribution in [0.3, 0.4) is 0 Å². The summed E-state index contributed by atoms with van der Waals surface area (Å²) in [4.78, 5) is 4.63. The second-order valence-corrected chi connectivity index (χ2v) is 8.89. The van der Waals surface area contributed by atoms with Gasteiger partial charge in [-0.2, -0.15) is 0 Å². The number of unbranched alkanes of at least 4 members (excludes halogenated alkanes) is 3. The summed E-state index contributed by atoms with van der Waals surface area (Å²) >= 11 is 0. The van der Waals surface area contributed by atoms with E-state index in [0.717, 1.165) is 48.4 Å². The van der Waals surface area contributed by atoms with Gasteiger partial charge in [0.25, 0.3) is 0 Å². The van der Waals surface area contributed by atoms with Gasteiger partial charge in [0, 0.05) is 18.4 Å². The summed E-state index contributed by atoms with van der Waals surface area (Å²) in [6.45, 7) is 9.49. The summed E-state index contributed by atoms with van der Waals surface area (Å²) in [5.74, 6) is 0.854. The largest absolute Gasteiger partial charge is 0.490 e. The first-order chi connectivity index (χ1) is 17.2. The molecule has 3 heteroatoms. The third-order valence-corrected chi connectivity index (χ3v) is 5.98. The molecule has 0 fully saturated rings. The van der Waals surface area contributed by atoms with E-state index in [1.165, 1.54) is 30.4 Å². The Kier molecular flexibility index (Phi) is 11.3. The molecular formula is C32H39NO2. The van der Waals surface area contributed by atoms with Gasteiger partial charge in [0.1, 0.15) is 12.4 Å². The predicted molar refractivity (Wildman–Crippen MR) is 149 cm³/mol. The average Bonchev–Trinajstić information content (AvgIpc) is 2.90. The lowest BCUT2D eigenvalue weighted by molar-refractivity contribution is 0.0566. The number of aromatic nitrogens is 1. The zero-order valence-corrected chi connectivity index (χ0v) is 21.3. The summed E-state index contributed by atoms with van der Waals surface area (Å²) in [6, 6.07) is 21.0. The molecule has 0 bridgehead atoms. The third-order valence-electron chi connectivity index (χ3n) is 5.98. The van der Waals surface area contributed by atoms with Crippen molar-refractivity contribution in [1.29, 1.82) is 0 Å². The van der Waals surface area contributed by atoms with Crippen molar-refractivity contribution in [2.75, 3.05) is 13.2 Å². The van der Waals surface area contributed by atoms with Crippen molar-refractivity contribution in [2.24, 2.45) is 0 Å². The van der Waals surface area contributed by atoms with Gasteiger partial charge >= 0.3 is 0 Å². The average molecular weight is 470 g/mol. The van der Waals surface area contributed by atoms with E-state index in [9.17, 15) is 0 Å². The van der Waals surface area contributed by atoms with E-state index in [4.69, 9.17) is 9.47 Å². The van der Waals surface area contributed by atoms with Crippen molar-refractivity contribution < 1.29 is 9.47 Å². The van der Waals surface area contributed by atoms with Crippen LogP contribution in [0.25, 0.3) is 28.3 Å². The Morgan fingerprint density at radius 1 is 0.857 bits per heavy atom. The maximum Gasteiger partial charge on any atom is 0.119 e. The van der Waals surface area contributed by atoms with Crippen LogP contribution >= 0.6 is 0 Å². The zero-order valence-electron chi connectivity index (χ0n) is 21.3. The maximum atomic E-state index is 5.87. The van der Waals surface area contributed by atoms with Gasteiger partial charge in [0.05, 0.1) is 11.8 Å². The second-order valence-electron chi connectivity index (χ2n) is 8.89. The van der Waals surface area contributed by atoms with Crippen LogP contribution < -0.4 is 4.74 Å². The monoisotopic (exact) mass is 469 g/mol. The molecule has 0 N–H and O–H groups in total. The number of rotatable bonds is 15. The smallest absolute Gasteiger partial charge is 0.119 e. The summed E-state index contributed by atoms with van der Waals surface area (Å²) in [5, 5.41) is 0. The van der Waals surface area contributed by atoms with Crippen LogP contribution in [0.1, 0.15) is 58.1 Å². The Hall–Kier alpha value is -3.17. The minimum atomic E-state index is 0.347. The van der Waals surface area contributed by atoms with Crippen molar-refractivity contribution in [3.8, 4) is 28.0 Å². The summed E-state index contributed by atoms with van der Waals surface area (Å²) in [6.07, 6.45) is 15.3. The van der Waals surface area contributed by atoms with Gasteiger partial charge < -0.3 is 9.47 Å². The summed E-state index contributed by atoms with van der Waals surface area (Å²) in [5.41, 5.74) is 5.62. The quantitative estimate of drug-likeness (QED) is 0.165. The van der Waals surface area contributed by atoms with Crippen LogP contribution in [0.4, 0.5) is 0 Å². The van der Waals surface area contributed by atoms with Crippen LogP contribution in [-0.4, -0.2) is 24.3 Å². The zero-order chi connectivity index (χ0) is 24.7. The highest BCUT2D eigenvalue weighted by Crippen LogP contribution is 2.26. The molecule has 0 aliphatic heterocycles. The van der Waals surface area contributed by atoms with Crippen molar-refractivity contribution in [3.63, 3.8) is 0 Å². The lowest BCUT2D eigenvalue weighted by Crippen LogP contribution is -2.08. The lowest BCUT2D eigenvalue weighted by atomic mass is 10.0. The minimum absolute atomic E-state index is 0.347. The molecule has 0 saturated heterocycles. The number of allylic oxidation sites excluding steroid dienone is 1. The Bertz CT molecular complexity index is 1020. The van der Waals surface area contributed by atoms with Crippen LogP contribution in [-0.2, 0) is 4.74 Å². The Balaban J connectivity index is 1.45. The van der Waals surface area contributed by atoms with Crippen molar-refractivity contribution in [2.45, 2.75) is 58.5 Å². The number of hydrogen-bond acceptors (Lipinski definition) is 3. The van der Waals surface area contributed by atoms with Crippen LogP contribution in [0.2, 0.25) is 0 Å². The minimum Gasteiger partial charge on any atom is -0.490 e. The third kappa shape index (κ3) is 9.18. The van der Waals surface area contributed by atoms with Gasteiger partial charge in [-0.05, 0) is 73.6 Å². The van der Waals surface area contributed by atoms with E-state index >= 15 is 0 Å². The van der Waals surface area contributed by atoms with Gasteiger partial charge in [-0.3, -0.25) is 4.98 Å². The van der Waals surface area contributed by atoms with Crippen molar-refractivity contribution >= 4 is 6.08 Å². The summed E-state index contributed by atoms with van der Waals surface area (Å²) < 4.78 is 11.4. The van der Waals surface area contributed by atoms with E-state index < -0.39 is 0 Å². The van der Waals surface area contributed by atoms with E-state index in [1.807, 2.05) is 18.3 Å². The maximum absolute atomic E-state index is 5.87. The molecule has 3 nitrogen and oxygen atoms in total. The molecule has 1 heterocycles. The fourth-order valence-electron chi connectivity index (χ4n) is 3.88. The fourth-order valence-corrected chi connectivity index (χ4v) is 3.88. The highest BCUT2D eigenvalue weighted by atomic mass is 16.5. The number of benzene rings is 2. The standard InChI is InChI=1S/C32H39NO2/c1-4-6-10-24-34-26(3)11-8-7-9-12-31-20-17-30(25-33-31)29-15-13-27(14-16-29)28-18-21-32(22-19-28)35-23-5-2/h5,9,12-22,25-26H,2,4,6-8,10-11,23-24H2,1,3H3/b12-9+. The van der Waals surface area contributed by atoms with Crippen molar-refractivity contribution in [1.82, 2.24) is 4.98 Å². The van der Waals surface area contributed by atoms with Crippen molar-refractivity contribution in [3.05, 3.63) is 91.3 Å². The Morgan fingerprint density at radius 2 is 1.51 bits per heavy atom. The van der Waals surface area contributed by atoms with E-state index in [1.54, 1.807) is 6.08 Å². The molecular weight excluding hydrogens is 430 g/mol. The topological polar surface area (TPSA) is 31.4 Å². The Labute approximate surface area is 211 Å². The molecule has 0 amide bonds. The molecule has 0 saturated carbocycles. The first kappa shape index (κ1) is 26.4. The molecule has 0 aliphatic carbocycles. The molecule has 1 atom stereocenters. The normalized spacial score (nSPS) is 12.1. The number of pyridine rings is 1. The SMILES string of the molecule is C=CCOc1ccc(-c2ccc(-c3ccc(/C=C/CCCC(C)OCCCCC)nc3)cc2)cc1. The molecule has 1 aromatic heterocycles. The van der Waals surface area contributed by atoms with Gasteiger partial charge in [-0.25, -0.2) is 0 Å². The van der Waals surface area contributed by atoms with Gasteiger partial charge in [-0.15, -0.1) is 0 Å². The Morgan fingerprint density at radius 3 is 2.14 bits per heavy atom. The fraction of sp³-hybridized carbons (Fsp3) is 0.344. The highest BCUT2D eigenvalue weighted by molar-refractivity contribution is 5.70. The lowest BCUT2D eigenvalue weighted by Gasteiger charge is -2.11. The summed E-state index contributed by atoms with van der Waals surface area (Å²) in [7, 11) is 0. The molecule has 3 rings (SSSR count). The molecule has 35 heavy (non-hydrogen) atoms. The molecule has 2 aromatic carbocycles. The van der Waals surface area contributed by atoms with Crippen LogP contribution in [0, 0.1) is 0 Å². The van der Waals surface area contributed by atoms with Gasteiger partial charge in [-0.1, -0.05) is 81.0 Å². The molecule has 3 aromatic rings. The molecule has 0 aliphatic rings. The van der Waals surface area contributed by atoms with E-state index in [2.05, 4.69) is 86.1 Å². The van der Waals surface area contributed by atoms with Crippen LogP contribution in [0.5, 0.6) is 5.75 Å². The molecule has 0 radical (unpaired) electrons. The first-order valence-corrected chi connectivity index (χ1v) is 12.9. The molecule has 184 valence electrons. The molecule has 0 spiro atoms. The van der Waals surface area contributed by atoms with E-state index in [-0.39, 0.29) is 0 Å².